The Labute approximate surface area is 152 Å². The second-order valence-corrected chi connectivity index (χ2v) is 6.46. The van der Waals surface area contributed by atoms with Gasteiger partial charge in [0.2, 0.25) is 0 Å². The van der Waals surface area contributed by atoms with Crippen molar-refractivity contribution in [3.8, 4) is 0 Å². The number of nitrogens with zero attached hydrogens (tertiary/aromatic N) is 1. The van der Waals surface area contributed by atoms with Gasteiger partial charge in [-0.05, 0) is 54.7 Å². The first kappa shape index (κ1) is 17.4. The Morgan fingerprint density at radius 3 is 2.88 bits per heavy atom. The van der Waals surface area contributed by atoms with Crippen molar-refractivity contribution in [1.82, 2.24) is 0 Å². The maximum absolute atomic E-state index is 12.0. The van der Waals surface area contributed by atoms with Crippen molar-refractivity contribution < 1.29 is 4.42 Å². The third-order valence-corrected chi connectivity index (χ3v) is 4.73. The van der Waals surface area contributed by atoms with Crippen LogP contribution >= 0.6 is 12.4 Å². The molecule has 0 aliphatic carbocycles. The van der Waals surface area contributed by atoms with Gasteiger partial charge < -0.3 is 15.1 Å². The molecule has 1 aliphatic heterocycles. The third-order valence-electron chi connectivity index (χ3n) is 4.73. The van der Waals surface area contributed by atoms with Crippen molar-refractivity contribution >= 4 is 34.8 Å². The Bertz CT molecular complexity index is 981. The van der Waals surface area contributed by atoms with Gasteiger partial charge in [0.15, 0.2) is 0 Å². The molecule has 130 valence electrons. The minimum Gasteiger partial charge on any atom is -0.423 e. The summed E-state index contributed by atoms with van der Waals surface area (Å²) in [6.07, 6.45) is 2.08. The lowest BCUT2D eigenvalue weighted by Gasteiger charge is -2.32. The maximum atomic E-state index is 12.0. The summed E-state index contributed by atoms with van der Waals surface area (Å²) >= 11 is 0. The molecule has 1 aromatic heterocycles. The van der Waals surface area contributed by atoms with Crippen LogP contribution in [0.25, 0.3) is 11.0 Å². The van der Waals surface area contributed by atoms with Gasteiger partial charge in [-0.1, -0.05) is 18.2 Å². The van der Waals surface area contributed by atoms with Gasteiger partial charge in [0.05, 0.1) is 0 Å². The maximum Gasteiger partial charge on any atom is 0.336 e. The second kappa shape index (κ2) is 6.81. The molecule has 0 saturated carbocycles. The predicted octanol–water partition coefficient (Wildman–Crippen LogP) is 4.06. The summed E-state index contributed by atoms with van der Waals surface area (Å²) in [6.45, 7) is 3.64. The number of benzene rings is 2. The van der Waals surface area contributed by atoms with Gasteiger partial charge in [-0.25, -0.2) is 4.79 Å². The van der Waals surface area contributed by atoms with Crippen molar-refractivity contribution in [1.29, 1.82) is 0 Å². The van der Waals surface area contributed by atoms with E-state index in [0.29, 0.717) is 12.1 Å². The van der Waals surface area contributed by atoms with Gasteiger partial charge in [0.1, 0.15) is 5.58 Å². The molecule has 0 atom stereocenters. The number of aryl methyl sites for hydroxylation is 1. The molecule has 4 rings (SSSR count). The number of nitrogens with two attached hydrogens (primary N) is 1. The number of rotatable bonds is 2. The molecule has 2 aromatic carbocycles. The second-order valence-electron chi connectivity index (χ2n) is 6.46. The first-order valence-corrected chi connectivity index (χ1v) is 8.27. The van der Waals surface area contributed by atoms with E-state index >= 15 is 0 Å². The van der Waals surface area contributed by atoms with E-state index in [1.54, 1.807) is 6.07 Å². The van der Waals surface area contributed by atoms with Crippen LogP contribution in [0.4, 0.5) is 11.4 Å². The molecule has 0 fully saturated rings. The highest BCUT2D eigenvalue weighted by molar-refractivity contribution is 5.85. The average molecular weight is 357 g/mol. The zero-order valence-corrected chi connectivity index (χ0v) is 14.9. The van der Waals surface area contributed by atoms with Crippen molar-refractivity contribution in [2.24, 2.45) is 0 Å². The summed E-state index contributed by atoms with van der Waals surface area (Å²) in [5.74, 6) is 0. The highest BCUT2D eigenvalue weighted by atomic mass is 35.5. The zero-order valence-electron chi connectivity index (χ0n) is 14.1. The van der Waals surface area contributed by atoms with Crippen LogP contribution < -0.4 is 16.3 Å². The van der Waals surface area contributed by atoms with Crippen LogP contribution in [0.3, 0.4) is 0 Å². The smallest absolute Gasteiger partial charge is 0.336 e. The molecule has 0 spiro atoms. The quantitative estimate of drug-likeness (QED) is 0.555. The lowest BCUT2D eigenvalue weighted by Crippen LogP contribution is -2.29. The minimum atomic E-state index is -0.298. The van der Waals surface area contributed by atoms with Crippen LogP contribution in [0, 0.1) is 6.92 Å². The molecule has 25 heavy (non-hydrogen) atoms. The largest absolute Gasteiger partial charge is 0.423 e. The summed E-state index contributed by atoms with van der Waals surface area (Å²) in [5.41, 5.74) is 11.8. The fourth-order valence-electron chi connectivity index (χ4n) is 3.57. The summed E-state index contributed by atoms with van der Waals surface area (Å²) in [7, 11) is 0. The lowest BCUT2D eigenvalue weighted by atomic mass is 9.99. The first-order valence-electron chi connectivity index (χ1n) is 8.27. The lowest BCUT2D eigenvalue weighted by molar-refractivity contribution is 0.557. The van der Waals surface area contributed by atoms with Crippen LogP contribution in [-0.4, -0.2) is 6.54 Å². The highest BCUT2D eigenvalue weighted by Crippen LogP contribution is 2.33. The van der Waals surface area contributed by atoms with E-state index in [1.807, 2.05) is 37.3 Å². The molecule has 4 nitrogen and oxygen atoms in total. The molecule has 0 saturated heterocycles. The first-order chi connectivity index (χ1) is 11.6. The van der Waals surface area contributed by atoms with E-state index in [4.69, 9.17) is 10.2 Å². The Hall–Kier alpha value is -2.46. The van der Waals surface area contributed by atoms with E-state index in [9.17, 15) is 4.79 Å². The van der Waals surface area contributed by atoms with E-state index in [1.165, 1.54) is 11.3 Å². The van der Waals surface area contributed by atoms with E-state index in [-0.39, 0.29) is 18.0 Å². The normalized spacial score (nSPS) is 13.4. The summed E-state index contributed by atoms with van der Waals surface area (Å²) in [5, 5.41) is 0.997. The SMILES string of the molecule is Cc1ccc2c(CN3CCCc4c(N)cccc43)cc(=O)oc2c1.Cl. The van der Waals surface area contributed by atoms with Gasteiger partial charge in [-0.3, -0.25) is 0 Å². The van der Waals surface area contributed by atoms with Crippen LogP contribution in [-0.2, 0) is 13.0 Å². The monoisotopic (exact) mass is 356 g/mol. The molecule has 0 radical (unpaired) electrons. The van der Waals surface area contributed by atoms with E-state index < -0.39 is 0 Å². The predicted molar refractivity (Wildman–Crippen MR) is 105 cm³/mol. The van der Waals surface area contributed by atoms with E-state index in [0.717, 1.165) is 41.6 Å². The number of halogens is 1. The number of anilines is 2. The van der Waals surface area contributed by atoms with Crippen molar-refractivity contribution in [3.05, 3.63) is 69.6 Å². The molecule has 5 heteroatoms. The summed E-state index contributed by atoms with van der Waals surface area (Å²) < 4.78 is 5.37. The number of fused-ring (bicyclic) bond motifs is 2. The molecule has 2 heterocycles. The Morgan fingerprint density at radius 2 is 2.04 bits per heavy atom. The Balaban J connectivity index is 0.00000182. The molecule has 1 aliphatic rings. The van der Waals surface area contributed by atoms with Crippen LogP contribution in [0.2, 0.25) is 0 Å². The fourth-order valence-corrected chi connectivity index (χ4v) is 3.57. The highest BCUT2D eigenvalue weighted by Gasteiger charge is 2.19. The number of nitrogen functional groups attached to an aromatic ring is 1. The molecular weight excluding hydrogens is 336 g/mol. The molecule has 2 N–H and O–H groups in total. The standard InChI is InChI=1S/C20H20N2O2.ClH/c1-13-7-8-15-14(11-20(23)24-19(15)10-13)12-22-9-3-4-16-17(21)5-2-6-18(16)22;/h2,5-8,10-11H,3-4,9,12,21H2,1H3;1H. The molecule has 3 aromatic rings. The fraction of sp³-hybridized carbons (Fsp3) is 0.250. The van der Waals surface area contributed by atoms with Gasteiger partial charge in [-0.2, -0.15) is 0 Å². The molecule has 0 bridgehead atoms. The number of hydrogen-bond acceptors (Lipinski definition) is 4. The van der Waals surface area contributed by atoms with Gasteiger partial charge in [-0.15, -0.1) is 12.4 Å². The van der Waals surface area contributed by atoms with E-state index in [2.05, 4.69) is 11.0 Å². The molecular formula is C20H21ClN2O2. The topological polar surface area (TPSA) is 59.5 Å². The zero-order chi connectivity index (χ0) is 16.7. The minimum absolute atomic E-state index is 0. The third kappa shape index (κ3) is 3.22. The van der Waals surface area contributed by atoms with Crippen molar-refractivity contribution in [2.45, 2.75) is 26.3 Å². The van der Waals surface area contributed by atoms with Crippen LogP contribution in [0.15, 0.2) is 51.7 Å². The summed E-state index contributed by atoms with van der Waals surface area (Å²) in [6, 6.07) is 13.7. The molecule has 0 amide bonds. The van der Waals surface area contributed by atoms with Gasteiger partial charge >= 0.3 is 5.63 Å². The Morgan fingerprint density at radius 1 is 1.20 bits per heavy atom. The summed E-state index contributed by atoms with van der Waals surface area (Å²) in [4.78, 5) is 14.3. The van der Waals surface area contributed by atoms with Crippen molar-refractivity contribution in [3.63, 3.8) is 0 Å². The van der Waals surface area contributed by atoms with Crippen LogP contribution in [0.5, 0.6) is 0 Å². The average Bonchev–Trinajstić information content (AvgIpc) is 2.55. The number of hydrogen-bond donors (Lipinski definition) is 1. The van der Waals surface area contributed by atoms with Gasteiger partial charge in [0.25, 0.3) is 0 Å². The Kier molecular flexibility index (Phi) is 4.73. The van der Waals surface area contributed by atoms with Crippen LogP contribution in [0.1, 0.15) is 23.1 Å². The van der Waals surface area contributed by atoms with Gasteiger partial charge in [0, 0.05) is 35.9 Å². The molecule has 0 unspecified atom stereocenters. The van der Waals surface area contributed by atoms with Crippen molar-refractivity contribution in [2.75, 3.05) is 17.2 Å².